The first-order chi connectivity index (χ1) is 12.8. The molecule has 8 nitrogen and oxygen atoms in total. The Kier molecular flexibility index (Phi) is 5.49. The number of hydrogen-bond donors (Lipinski definition) is 2. The molecule has 2 heterocycles. The van der Waals surface area contributed by atoms with E-state index in [4.69, 9.17) is 9.56 Å². The fourth-order valence-corrected chi connectivity index (χ4v) is 3.50. The molecule has 140 valence electrons. The van der Waals surface area contributed by atoms with E-state index in [1.54, 1.807) is 24.3 Å². The lowest BCUT2D eigenvalue weighted by molar-refractivity contribution is -0.120. The molecule has 2 aromatic heterocycles. The zero-order chi connectivity index (χ0) is 19.4. The van der Waals surface area contributed by atoms with Crippen molar-refractivity contribution >= 4 is 33.5 Å². The monoisotopic (exact) mass is 404 g/mol. The van der Waals surface area contributed by atoms with E-state index in [1.165, 1.54) is 29.7 Å². The molecule has 1 amide bonds. The maximum atomic E-state index is 11.8. The number of nitrogens with two attached hydrogens (primary N) is 1. The third-order valence-corrected chi connectivity index (χ3v) is 5.35. The van der Waals surface area contributed by atoms with Crippen molar-refractivity contribution in [2.75, 3.05) is 0 Å². The standard InChI is InChI=1S/C17H16N4O4S2/c1-11-10-26-17(20-11)8-16(22)21-19-9-13-4-7-15(25-13)12-2-5-14(6-3-12)27(18,23)24/h2-7,9-10H,8H2,1H3,(H,21,22)(H2,18,23,24)/b19-9-. The number of benzene rings is 1. The molecule has 1 aromatic carbocycles. The van der Waals surface area contributed by atoms with Crippen molar-refractivity contribution in [3.05, 3.63) is 58.2 Å². The Balaban J connectivity index is 1.60. The topological polar surface area (TPSA) is 128 Å². The van der Waals surface area contributed by atoms with Crippen LogP contribution in [0.5, 0.6) is 0 Å². The summed E-state index contributed by atoms with van der Waals surface area (Å²) in [4.78, 5) is 16.0. The molecule has 0 saturated heterocycles. The molecule has 0 radical (unpaired) electrons. The number of primary sulfonamides is 1. The van der Waals surface area contributed by atoms with Gasteiger partial charge in [0.05, 0.1) is 17.5 Å². The third-order valence-electron chi connectivity index (χ3n) is 3.45. The van der Waals surface area contributed by atoms with Gasteiger partial charge in [0.25, 0.3) is 0 Å². The molecule has 0 saturated carbocycles. The zero-order valence-corrected chi connectivity index (χ0v) is 15.9. The fraction of sp³-hybridized carbons (Fsp3) is 0.118. The molecule has 0 aliphatic heterocycles. The van der Waals surface area contributed by atoms with Gasteiger partial charge in [-0.25, -0.2) is 24.0 Å². The molecule has 27 heavy (non-hydrogen) atoms. The summed E-state index contributed by atoms with van der Waals surface area (Å²) in [5, 5.41) is 11.5. The number of furan rings is 1. The highest BCUT2D eigenvalue weighted by Gasteiger charge is 2.09. The summed E-state index contributed by atoms with van der Waals surface area (Å²) in [7, 11) is -3.73. The van der Waals surface area contributed by atoms with Crippen LogP contribution in [0.2, 0.25) is 0 Å². The smallest absolute Gasteiger partial charge is 0.246 e. The van der Waals surface area contributed by atoms with E-state index in [9.17, 15) is 13.2 Å². The van der Waals surface area contributed by atoms with Gasteiger partial charge < -0.3 is 4.42 Å². The van der Waals surface area contributed by atoms with Crippen molar-refractivity contribution < 1.29 is 17.6 Å². The van der Waals surface area contributed by atoms with Gasteiger partial charge in [-0.1, -0.05) is 0 Å². The average Bonchev–Trinajstić information content (AvgIpc) is 3.23. The highest BCUT2D eigenvalue weighted by molar-refractivity contribution is 7.89. The number of thiazole rings is 1. The molecule has 0 aliphatic rings. The summed E-state index contributed by atoms with van der Waals surface area (Å²) >= 11 is 1.42. The first kappa shape index (κ1) is 19.0. The Bertz CT molecular complexity index is 1080. The molecule has 3 N–H and O–H groups in total. The minimum atomic E-state index is -3.73. The third kappa shape index (κ3) is 5.09. The molecule has 0 atom stereocenters. The maximum Gasteiger partial charge on any atom is 0.246 e. The number of aryl methyl sites for hydroxylation is 1. The predicted octanol–water partition coefficient (Wildman–Crippen LogP) is 2.05. The van der Waals surface area contributed by atoms with Crippen molar-refractivity contribution in [3.8, 4) is 11.3 Å². The van der Waals surface area contributed by atoms with E-state index >= 15 is 0 Å². The van der Waals surface area contributed by atoms with Crippen LogP contribution in [-0.2, 0) is 21.2 Å². The lowest BCUT2D eigenvalue weighted by atomic mass is 10.2. The molecule has 3 rings (SSSR count). The van der Waals surface area contributed by atoms with Crippen molar-refractivity contribution in [1.29, 1.82) is 0 Å². The molecule has 10 heteroatoms. The second-order valence-electron chi connectivity index (χ2n) is 5.62. The number of nitrogens with one attached hydrogen (secondary N) is 1. The summed E-state index contributed by atoms with van der Waals surface area (Å²) in [6, 6.07) is 9.40. The van der Waals surface area contributed by atoms with E-state index in [-0.39, 0.29) is 17.2 Å². The van der Waals surface area contributed by atoms with E-state index in [0.717, 1.165) is 10.7 Å². The Morgan fingerprint density at radius 3 is 2.67 bits per heavy atom. The summed E-state index contributed by atoms with van der Waals surface area (Å²) in [6.07, 6.45) is 1.54. The average molecular weight is 404 g/mol. The number of sulfonamides is 1. The van der Waals surface area contributed by atoms with Gasteiger partial charge in [0, 0.05) is 16.6 Å². The number of nitrogens with zero attached hydrogens (tertiary/aromatic N) is 2. The number of hydrogen-bond acceptors (Lipinski definition) is 7. The van der Waals surface area contributed by atoms with E-state index in [2.05, 4.69) is 15.5 Å². The fourth-order valence-electron chi connectivity index (χ4n) is 2.21. The Morgan fingerprint density at radius 2 is 2.04 bits per heavy atom. The highest BCUT2D eigenvalue weighted by Crippen LogP contribution is 2.22. The number of carbonyl (C=O) groups excluding carboxylic acids is 1. The Labute approximate surface area is 159 Å². The second kappa shape index (κ2) is 7.82. The van der Waals surface area contributed by atoms with Crippen LogP contribution in [0, 0.1) is 6.92 Å². The number of aromatic nitrogens is 1. The molecule has 0 unspecified atom stereocenters. The Hall–Kier alpha value is -2.82. The molecule has 0 aliphatic carbocycles. The van der Waals surface area contributed by atoms with E-state index in [1.807, 2.05) is 12.3 Å². The number of carbonyl (C=O) groups is 1. The lowest BCUT2D eigenvalue weighted by Crippen LogP contribution is -2.19. The minimum Gasteiger partial charge on any atom is -0.455 e. The first-order valence-electron chi connectivity index (χ1n) is 7.77. The molecule has 0 fully saturated rings. The summed E-state index contributed by atoms with van der Waals surface area (Å²) in [6.45, 7) is 1.87. The van der Waals surface area contributed by atoms with Crippen molar-refractivity contribution in [2.24, 2.45) is 10.2 Å². The quantitative estimate of drug-likeness (QED) is 0.480. The van der Waals surface area contributed by atoms with Gasteiger partial charge >= 0.3 is 0 Å². The van der Waals surface area contributed by atoms with Crippen molar-refractivity contribution in [1.82, 2.24) is 10.4 Å². The van der Waals surface area contributed by atoms with Crippen LogP contribution in [0.1, 0.15) is 16.5 Å². The van der Waals surface area contributed by atoms with Crippen LogP contribution in [0.15, 0.2) is 56.2 Å². The van der Waals surface area contributed by atoms with Gasteiger partial charge in [-0.3, -0.25) is 4.79 Å². The largest absolute Gasteiger partial charge is 0.455 e. The number of hydrazone groups is 1. The van der Waals surface area contributed by atoms with Crippen molar-refractivity contribution in [3.63, 3.8) is 0 Å². The zero-order valence-electron chi connectivity index (χ0n) is 14.2. The molecular formula is C17H16N4O4S2. The molecule has 3 aromatic rings. The van der Waals surface area contributed by atoms with Crippen LogP contribution in [-0.4, -0.2) is 25.5 Å². The first-order valence-corrected chi connectivity index (χ1v) is 10.2. The van der Waals surface area contributed by atoms with Crippen LogP contribution in [0.25, 0.3) is 11.3 Å². The van der Waals surface area contributed by atoms with E-state index < -0.39 is 10.0 Å². The van der Waals surface area contributed by atoms with Crippen LogP contribution in [0.3, 0.4) is 0 Å². The van der Waals surface area contributed by atoms with Gasteiger partial charge in [-0.15, -0.1) is 11.3 Å². The van der Waals surface area contributed by atoms with Gasteiger partial charge in [0.2, 0.25) is 15.9 Å². The number of amides is 1. The predicted molar refractivity (Wildman–Crippen MR) is 102 cm³/mol. The SMILES string of the molecule is Cc1csc(CC(=O)N/N=C\c2ccc(-c3ccc(S(N)(=O)=O)cc3)o2)n1. The summed E-state index contributed by atoms with van der Waals surface area (Å²) in [5.41, 5.74) is 3.99. The van der Waals surface area contributed by atoms with Gasteiger partial charge in [-0.2, -0.15) is 5.10 Å². The minimum absolute atomic E-state index is 0.0257. The maximum absolute atomic E-state index is 11.8. The normalized spacial score (nSPS) is 11.8. The highest BCUT2D eigenvalue weighted by atomic mass is 32.2. The number of rotatable bonds is 6. The van der Waals surface area contributed by atoms with Crippen LogP contribution in [0.4, 0.5) is 0 Å². The lowest BCUT2D eigenvalue weighted by Gasteiger charge is -2.00. The summed E-state index contributed by atoms with van der Waals surface area (Å²) in [5.74, 6) is 0.693. The van der Waals surface area contributed by atoms with Crippen LogP contribution < -0.4 is 10.6 Å². The van der Waals surface area contributed by atoms with Crippen LogP contribution >= 0.6 is 11.3 Å². The Morgan fingerprint density at radius 1 is 1.30 bits per heavy atom. The molecule has 0 bridgehead atoms. The van der Waals surface area contributed by atoms with Crippen molar-refractivity contribution in [2.45, 2.75) is 18.2 Å². The second-order valence-corrected chi connectivity index (χ2v) is 8.13. The summed E-state index contributed by atoms with van der Waals surface area (Å²) < 4.78 is 28.2. The van der Waals surface area contributed by atoms with Gasteiger partial charge in [-0.05, 0) is 43.3 Å². The molecular weight excluding hydrogens is 388 g/mol. The van der Waals surface area contributed by atoms with Gasteiger partial charge in [0.1, 0.15) is 16.5 Å². The van der Waals surface area contributed by atoms with Gasteiger partial charge in [0.15, 0.2) is 0 Å². The molecule has 0 spiro atoms. The van der Waals surface area contributed by atoms with E-state index in [0.29, 0.717) is 17.1 Å².